The quantitative estimate of drug-likeness (QED) is 0.700. The van der Waals surface area contributed by atoms with E-state index in [9.17, 15) is 14.4 Å². The molecule has 2 N–H and O–H groups in total. The number of amides is 1. The van der Waals surface area contributed by atoms with E-state index in [4.69, 9.17) is 32.7 Å². The van der Waals surface area contributed by atoms with Gasteiger partial charge in [-0.3, -0.25) is 4.79 Å². The number of aromatic nitrogens is 1. The van der Waals surface area contributed by atoms with Crippen LogP contribution in [0.25, 0.3) is 0 Å². The summed E-state index contributed by atoms with van der Waals surface area (Å²) in [6, 6.07) is 4.77. The van der Waals surface area contributed by atoms with Crippen molar-refractivity contribution in [2.45, 2.75) is 20.8 Å². The first-order chi connectivity index (χ1) is 12.8. The second kappa shape index (κ2) is 8.92. The first kappa shape index (κ1) is 20.8. The zero-order valence-corrected chi connectivity index (χ0v) is 16.5. The number of hydrogen-bond acceptors (Lipinski definition) is 5. The van der Waals surface area contributed by atoms with Gasteiger partial charge in [-0.15, -0.1) is 0 Å². The fourth-order valence-corrected chi connectivity index (χ4v) is 2.80. The van der Waals surface area contributed by atoms with Crippen molar-refractivity contribution in [1.29, 1.82) is 0 Å². The molecule has 0 atom stereocenters. The van der Waals surface area contributed by atoms with Gasteiger partial charge in [-0.1, -0.05) is 29.3 Å². The Balaban J connectivity index is 2.03. The second-order valence-corrected chi connectivity index (χ2v) is 6.36. The molecule has 0 radical (unpaired) electrons. The van der Waals surface area contributed by atoms with Crippen LogP contribution in [0, 0.1) is 13.8 Å². The molecular formula is C18H18Cl2N2O5. The minimum atomic E-state index is -0.765. The van der Waals surface area contributed by atoms with Gasteiger partial charge in [0.05, 0.1) is 27.9 Å². The lowest BCUT2D eigenvalue weighted by molar-refractivity contribution is -0.119. The highest BCUT2D eigenvalue weighted by atomic mass is 35.5. The smallest absolute Gasteiger partial charge is 0.355 e. The maximum atomic E-state index is 12.3. The van der Waals surface area contributed by atoms with Crippen LogP contribution in [0.2, 0.25) is 10.0 Å². The van der Waals surface area contributed by atoms with E-state index in [1.54, 1.807) is 39.0 Å². The van der Waals surface area contributed by atoms with Gasteiger partial charge in [-0.2, -0.15) is 0 Å². The van der Waals surface area contributed by atoms with Crippen molar-refractivity contribution < 1.29 is 23.9 Å². The first-order valence-corrected chi connectivity index (χ1v) is 8.79. The van der Waals surface area contributed by atoms with Crippen molar-refractivity contribution >= 4 is 46.7 Å². The van der Waals surface area contributed by atoms with Crippen molar-refractivity contribution in [3.8, 4) is 0 Å². The highest BCUT2D eigenvalue weighted by Gasteiger charge is 2.24. The number of carbonyl (C=O) groups is 3. The molecule has 1 aromatic carbocycles. The molecule has 27 heavy (non-hydrogen) atoms. The van der Waals surface area contributed by atoms with Gasteiger partial charge >= 0.3 is 11.9 Å². The van der Waals surface area contributed by atoms with Gasteiger partial charge < -0.3 is 19.8 Å². The fourth-order valence-electron chi connectivity index (χ4n) is 2.45. The summed E-state index contributed by atoms with van der Waals surface area (Å²) in [5.41, 5.74) is 1.55. The van der Waals surface area contributed by atoms with Gasteiger partial charge in [0, 0.05) is 5.69 Å². The minimum Gasteiger partial charge on any atom is -0.462 e. The number of rotatable bonds is 6. The van der Waals surface area contributed by atoms with E-state index >= 15 is 0 Å². The summed E-state index contributed by atoms with van der Waals surface area (Å²) in [7, 11) is 0. The molecule has 144 valence electrons. The van der Waals surface area contributed by atoms with E-state index in [-0.39, 0.29) is 27.9 Å². The molecular weight excluding hydrogens is 395 g/mol. The number of aromatic amines is 1. The van der Waals surface area contributed by atoms with Crippen LogP contribution in [0.3, 0.4) is 0 Å². The summed E-state index contributed by atoms with van der Waals surface area (Å²) in [5.74, 6) is -1.88. The molecule has 0 saturated carbocycles. The van der Waals surface area contributed by atoms with E-state index < -0.39 is 24.5 Å². The molecule has 9 heteroatoms. The lowest BCUT2D eigenvalue weighted by Gasteiger charge is -2.09. The Morgan fingerprint density at radius 3 is 2.48 bits per heavy atom. The SMILES string of the molecule is CCOC(=O)c1c(C)[nH]c(C(=O)OCC(=O)Nc2cccc(Cl)c2Cl)c1C. The Hall–Kier alpha value is -2.51. The first-order valence-electron chi connectivity index (χ1n) is 8.03. The standard InChI is InChI=1S/C18H18Cl2N2O5/c1-4-26-17(24)14-9(2)16(21-10(14)3)18(25)27-8-13(23)22-12-7-5-6-11(19)15(12)20/h5-7,21H,4,8H2,1-3H3,(H,22,23). The summed E-state index contributed by atoms with van der Waals surface area (Å²) >= 11 is 11.9. The number of nitrogens with one attached hydrogen (secondary N) is 2. The van der Waals surface area contributed by atoms with E-state index in [0.717, 1.165) is 0 Å². The summed E-state index contributed by atoms with van der Waals surface area (Å²) in [4.78, 5) is 39.0. The molecule has 0 unspecified atom stereocenters. The van der Waals surface area contributed by atoms with Crippen LogP contribution < -0.4 is 5.32 Å². The molecule has 0 aliphatic heterocycles. The van der Waals surface area contributed by atoms with Gasteiger partial charge in [0.1, 0.15) is 5.69 Å². The van der Waals surface area contributed by atoms with Gasteiger partial charge in [0.2, 0.25) is 0 Å². The third kappa shape index (κ3) is 4.81. The van der Waals surface area contributed by atoms with Crippen LogP contribution in [0.5, 0.6) is 0 Å². The number of esters is 2. The topological polar surface area (TPSA) is 97.5 Å². The van der Waals surface area contributed by atoms with Gasteiger partial charge in [-0.05, 0) is 38.5 Å². The van der Waals surface area contributed by atoms with Crippen LogP contribution >= 0.6 is 23.2 Å². The number of halogens is 2. The minimum absolute atomic E-state index is 0.0872. The third-order valence-electron chi connectivity index (χ3n) is 3.68. The lowest BCUT2D eigenvalue weighted by Crippen LogP contribution is -2.21. The number of hydrogen-bond donors (Lipinski definition) is 2. The summed E-state index contributed by atoms with van der Waals surface area (Å²) in [5, 5.41) is 2.98. The van der Waals surface area contributed by atoms with E-state index in [1.165, 1.54) is 0 Å². The predicted octanol–water partition coefficient (Wildman–Crippen LogP) is 3.91. The molecule has 0 spiro atoms. The van der Waals surface area contributed by atoms with E-state index in [2.05, 4.69) is 10.3 Å². The Kier molecular flexibility index (Phi) is 6.87. The second-order valence-electron chi connectivity index (χ2n) is 5.57. The van der Waals surface area contributed by atoms with Crippen molar-refractivity contribution in [3.63, 3.8) is 0 Å². The molecule has 0 bridgehead atoms. The van der Waals surface area contributed by atoms with Gasteiger partial charge in [0.15, 0.2) is 6.61 Å². The maximum Gasteiger partial charge on any atom is 0.355 e. The van der Waals surface area contributed by atoms with Crippen LogP contribution in [0.4, 0.5) is 5.69 Å². The molecule has 2 rings (SSSR count). The number of ether oxygens (including phenoxy) is 2. The van der Waals surface area contributed by atoms with Crippen molar-refractivity contribution in [1.82, 2.24) is 4.98 Å². The summed E-state index contributed by atoms with van der Waals surface area (Å²) < 4.78 is 9.98. The Labute approximate surface area is 165 Å². The number of benzene rings is 1. The molecule has 0 saturated heterocycles. The highest BCUT2D eigenvalue weighted by molar-refractivity contribution is 6.44. The molecule has 1 amide bonds. The molecule has 0 aliphatic carbocycles. The fraction of sp³-hybridized carbons (Fsp3) is 0.278. The molecule has 2 aromatic rings. The molecule has 7 nitrogen and oxygen atoms in total. The van der Waals surface area contributed by atoms with E-state index in [1.807, 2.05) is 0 Å². The van der Waals surface area contributed by atoms with Crippen LogP contribution in [0.1, 0.15) is 39.0 Å². The van der Waals surface area contributed by atoms with Crippen molar-refractivity contribution in [2.24, 2.45) is 0 Å². The highest BCUT2D eigenvalue weighted by Crippen LogP contribution is 2.29. The molecule has 1 aromatic heterocycles. The number of H-pyrrole nitrogens is 1. The molecule has 1 heterocycles. The zero-order valence-electron chi connectivity index (χ0n) is 14.9. The lowest BCUT2D eigenvalue weighted by atomic mass is 10.1. The number of anilines is 1. The van der Waals surface area contributed by atoms with Gasteiger partial charge in [-0.25, -0.2) is 9.59 Å². The Bertz CT molecular complexity index is 892. The van der Waals surface area contributed by atoms with Crippen LogP contribution in [-0.2, 0) is 14.3 Å². The molecule has 0 fully saturated rings. The number of aryl methyl sites for hydroxylation is 1. The predicted molar refractivity (Wildman–Crippen MR) is 102 cm³/mol. The largest absolute Gasteiger partial charge is 0.462 e. The third-order valence-corrected chi connectivity index (χ3v) is 4.50. The Morgan fingerprint density at radius 2 is 1.81 bits per heavy atom. The average molecular weight is 413 g/mol. The maximum absolute atomic E-state index is 12.3. The molecule has 0 aliphatic rings. The summed E-state index contributed by atoms with van der Waals surface area (Å²) in [6.45, 7) is 4.61. The normalized spacial score (nSPS) is 10.4. The Morgan fingerprint density at radius 1 is 1.11 bits per heavy atom. The zero-order chi connectivity index (χ0) is 20.1. The summed E-state index contributed by atoms with van der Waals surface area (Å²) in [6.07, 6.45) is 0. The van der Waals surface area contributed by atoms with Gasteiger partial charge in [0.25, 0.3) is 5.91 Å². The van der Waals surface area contributed by atoms with Crippen molar-refractivity contribution in [3.05, 3.63) is 50.8 Å². The van der Waals surface area contributed by atoms with E-state index in [0.29, 0.717) is 16.9 Å². The monoisotopic (exact) mass is 412 g/mol. The average Bonchev–Trinajstić information content (AvgIpc) is 2.91. The van der Waals surface area contributed by atoms with Crippen LogP contribution in [-0.4, -0.2) is 36.0 Å². The van der Waals surface area contributed by atoms with Crippen LogP contribution in [0.15, 0.2) is 18.2 Å². The number of carbonyl (C=O) groups excluding carboxylic acids is 3. The van der Waals surface area contributed by atoms with Crippen molar-refractivity contribution in [2.75, 3.05) is 18.5 Å².